The van der Waals surface area contributed by atoms with Crippen LogP contribution in [-0.2, 0) is 10.1 Å². The summed E-state index contributed by atoms with van der Waals surface area (Å²) in [6.45, 7) is 5.20. The van der Waals surface area contributed by atoms with Crippen molar-refractivity contribution in [2.24, 2.45) is 5.92 Å². The molecule has 0 aromatic carbocycles. The lowest BCUT2D eigenvalue weighted by Gasteiger charge is -1.98. The van der Waals surface area contributed by atoms with Crippen LogP contribution < -0.4 is 0 Å². The third kappa shape index (κ3) is 4.98. The molecule has 0 bridgehead atoms. The maximum atomic E-state index is 10.4. The summed E-state index contributed by atoms with van der Waals surface area (Å²) in [4.78, 5) is -0.0220. The zero-order valence-electron chi connectivity index (χ0n) is 6.90. The summed E-state index contributed by atoms with van der Waals surface area (Å²) >= 11 is 0. The first-order valence-corrected chi connectivity index (χ1v) is 4.77. The van der Waals surface area contributed by atoms with Gasteiger partial charge in [-0.2, -0.15) is 8.42 Å². The second-order valence-corrected chi connectivity index (χ2v) is 4.28. The minimum Gasteiger partial charge on any atom is -0.282 e. The number of hydrogen-bond donors (Lipinski definition) is 1. The molecule has 0 aliphatic heterocycles. The van der Waals surface area contributed by atoms with Gasteiger partial charge in [-0.25, -0.2) is 0 Å². The first-order chi connectivity index (χ1) is 4.84. The maximum Gasteiger partial charge on any atom is 0.290 e. The normalized spacial score (nSPS) is 14.1. The molecule has 65 valence electrons. The molecule has 0 saturated heterocycles. The predicted molar refractivity (Wildman–Crippen MR) is 44.4 cm³/mol. The van der Waals surface area contributed by atoms with E-state index in [4.69, 9.17) is 4.55 Å². The van der Waals surface area contributed by atoms with Crippen molar-refractivity contribution in [3.8, 4) is 0 Å². The van der Waals surface area contributed by atoms with Gasteiger partial charge in [0.05, 0.1) is 4.91 Å². The fourth-order valence-electron chi connectivity index (χ4n) is 0.414. The van der Waals surface area contributed by atoms with Crippen molar-refractivity contribution in [3.63, 3.8) is 0 Å². The topological polar surface area (TPSA) is 54.4 Å². The second kappa shape index (κ2) is 3.88. The van der Waals surface area contributed by atoms with Gasteiger partial charge >= 0.3 is 0 Å². The van der Waals surface area contributed by atoms with Gasteiger partial charge in [-0.3, -0.25) is 4.55 Å². The third-order valence-electron chi connectivity index (χ3n) is 1.12. The monoisotopic (exact) mass is 177 g/mol. The molecule has 0 aromatic rings. The first-order valence-electron chi connectivity index (χ1n) is 3.33. The fourth-order valence-corrected chi connectivity index (χ4v) is 0.664. The fraction of sp³-hybridized carbons (Fsp3) is 0.571. The van der Waals surface area contributed by atoms with E-state index in [1.54, 1.807) is 6.42 Å². The van der Waals surface area contributed by atoms with E-state index >= 15 is 0 Å². The Morgan fingerprint density at radius 1 is 1.45 bits per heavy atom. The molecule has 3 nitrogen and oxygen atoms in total. The van der Waals surface area contributed by atoms with Gasteiger partial charge in [-0.05, 0) is 19.3 Å². The Kier molecular flexibility index (Phi) is 3.75. The van der Waals surface area contributed by atoms with Crippen LogP contribution in [0.5, 0.6) is 0 Å². The van der Waals surface area contributed by atoms with E-state index in [2.05, 4.69) is 0 Å². The highest BCUT2D eigenvalue weighted by molar-refractivity contribution is 7.89. The molecule has 0 rings (SSSR count). The van der Waals surface area contributed by atoms with Crippen LogP contribution in [-0.4, -0.2) is 13.0 Å². The summed E-state index contributed by atoms with van der Waals surface area (Å²) in [6.07, 6.45) is 3.11. The van der Waals surface area contributed by atoms with Crippen molar-refractivity contribution in [1.82, 2.24) is 0 Å². The van der Waals surface area contributed by atoms with Crippen molar-refractivity contribution in [2.75, 3.05) is 0 Å². The van der Waals surface area contributed by atoms with E-state index in [0.29, 0.717) is 0 Å². The lowest BCUT2D eigenvalue weighted by molar-refractivity contribution is 0.491. The van der Waals surface area contributed by atoms with Crippen LogP contribution in [0.15, 0.2) is 11.0 Å². The molecule has 0 heterocycles. The molecule has 0 saturated carbocycles. The Morgan fingerprint density at radius 3 is 2.18 bits per heavy atom. The zero-order valence-corrected chi connectivity index (χ0v) is 7.72. The van der Waals surface area contributed by atoms with Crippen LogP contribution in [0, 0.1) is 12.3 Å². The van der Waals surface area contributed by atoms with Gasteiger partial charge < -0.3 is 0 Å². The minimum atomic E-state index is -3.97. The molecule has 0 fully saturated rings. The van der Waals surface area contributed by atoms with E-state index in [9.17, 15) is 8.42 Å². The van der Waals surface area contributed by atoms with Crippen molar-refractivity contribution < 1.29 is 13.0 Å². The van der Waals surface area contributed by atoms with E-state index in [0.717, 1.165) is 0 Å². The van der Waals surface area contributed by atoms with Crippen molar-refractivity contribution in [3.05, 3.63) is 17.4 Å². The molecule has 1 radical (unpaired) electrons. The van der Waals surface area contributed by atoms with Crippen molar-refractivity contribution in [1.29, 1.82) is 0 Å². The second-order valence-electron chi connectivity index (χ2n) is 2.69. The van der Waals surface area contributed by atoms with Gasteiger partial charge in [0, 0.05) is 0 Å². The summed E-state index contributed by atoms with van der Waals surface area (Å²) in [5.74, 6) is 0.284. The molecular weight excluding hydrogens is 164 g/mol. The van der Waals surface area contributed by atoms with Crippen LogP contribution in [0.3, 0.4) is 0 Å². The average Bonchev–Trinajstić information content (AvgIpc) is 1.80. The van der Waals surface area contributed by atoms with Crippen LogP contribution in [0.4, 0.5) is 0 Å². The Morgan fingerprint density at radius 2 is 1.91 bits per heavy atom. The molecule has 0 aliphatic rings. The molecule has 0 spiro atoms. The SMILES string of the molecule is C/C(=C\[CH]C(C)C)S(=O)(=O)O. The molecule has 0 aromatic heterocycles. The number of hydrogen-bond acceptors (Lipinski definition) is 2. The Bertz CT molecular complexity index is 236. The highest BCUT2D eigenvalue weighted by Crippen LogP contribution is 2.06. The molecule has 11 heavy (non-hydrogen) atoms. The zero-order chi connectivity index (χ0) is 9.07. The Hall–Kier alpha value is -0.350. The van der Waals surface area contributed by atoms with E-state index in [1.165, 1.54) is 13.0 Å². The largest absolute Gasteiger partial charge is 0.290 e. The van der Waals surface area contributed by atoms with Crippen molar-refractivity contribution in [2.45, 2.75) is 20.8 Å². The summed E-state index contributed by atoms with van der Waals surface area (Å²) in [5, 5.41) is 0. The molecular formula is C7H13O3S. The Labute approximate surface area is 67.9 Å². The molecule has 1 N–H and O–H groups in total. The van der Waals surface area contributed by atoms with E-state index in [-0.39, 0.29) is 10.8 Å². The lowest BCUT2D eigenvalue weighted by Crippen LogP contribution is -1.98. The van der Waals surface area contributed by atoms with E-state index < -0.39 is 10.1 Å². The van der Waals surface area contributed by atoms with Gasteiger partial charge in [0.1, 0.15) is 0 Å². The Balaban J connectivity index is 4.26. The van der Waals surface area contributed by atoms with Gasteiger partial charge in [0.25, 0.3) is 10.1 Å². The number of rotatable bonds is 3. The quantitative estimate of drug-likeness (QED) is 0.667. The summed E-state index contributed by atoms with van der Waals surface area (Å²) in [5.41, 5.74) is 0. The first kappa shape index (κ1) is 10.7. The highest BCUT2D eigenvalue weighted by Gasteiger charge is 2.06. The summed E-state index contributed by atoms with van der Waals surface area (Å²) in [7, 11) is -3.97. The molecule has 0 aliphatic carbocycles. The average molecular weight is 177 g/mol. The van der Waals surface area contributed by atoms with Gasteiger partial charge in [0.15, 0.2) is 0 Å². The number of allylic oxidation sites excluding steroid dienone is 2. The highest BCUT2D eigenvalue weighted by atomic mass is 32.2. The standard InChI is InChI=1S/C7H13O3S/c1-6(2)4-5-7(3)11(8,9)10/h4-6H,1-3H3,(H,8,9,10)/b7-5+. The molecule has 4 heteroatoms. The minimum absolute atomic E-state index is 0.0220. The van der Waals surface area contributed by atoms with Crippen LogP contribution >= 0.6 is 0 Å². The molecule has 0 unspecified atom stereocenters. The molecule has 0 atom stereocenters. The van der Waals surface area contributed by atoms with Gasteiger partial charge in [0.2, 0.25) is 0 Å². The van der Waals surface area contributed by atoms with E-state index in [1.807, 2.05) is 13.8 Å². The van der Waals surface area contributed by atoms with Crippen LogP contribution in [0.2, 0.25) is 0 Å². The van der Waals surface area contributed by atoms with Crippen LogP contribution in [0.25, 0.3) is 0 Å². The van der Waals surface area contributed by atoms with Crippen LogP contribution in [0.1, 0.15) is 20.8 Å². The summed E-state index contributed by atoms with van der Waals surface area (Å²) in [6, 6.07) is 0. The maximum absolute atomic E-state index is 10.4. The smallest absolute Gasteiger partial charge is 0.282 e. The predicted octanol–water partition coefficient (Wildman–Crippen LogP) is 1.64. The van der Waals surface area contributed by atoms with Gasteiger partial charge in [-0.1, -0.05) is 19.9 Å². The molecule has 0 amide bonds. The third-order valence-corrected chi connectivity index (χ3v) is 2.07. The van der Waals surface area contributed by atoms with Crippen molar-refractivity contribution >= 4 is 10.1 Å². The lowest BCUT2D eigenvalue weighted by atomic mass is 10.1. The van der Waals surface area contributed by atoms with Gasteiger partial charge in [-0.15, -0.1) is 0 Å². The summed E-state index contributed by atoms with van der Waals surface area (Å²) < 4.78 is 29.3.